The van der Waals surface area contributed by atoms with Crippen molar-refractivity contribution in [2.75, 3.05) is 13.2 Å². The lowest BCUT2D eigenvalue weighted by Gasteiger charge is -2.33. The summed E-state index contributed by atoms with van der Waals surface area (Å²) in [7, 11) is 0. The number of nitrogens with zero attached hydrogens (tertiary/aromatic N) is 3. The molecule has 9 heteroatoms. The molecule has 0 saturated carbocycles. The van der Waals surface area contributed by atoms with Crippen LogP contribution in [0.25, 0.3) is 20.4 Å². The molecule has 3 aromatic rings. The minimum Gasteiger partial charge on any atom is -0.376 e. The first kappa shape index (κ1) is 20.5. The van der Waals surface area contributed by atoms with E-state index in [1.807, 2.05) is 0 Å². The lowest BCUT2D eigenvalue weighted by molar-refractivity contribution is -0.122. The first-order valence-electron chi connectivity index (χ1n) is 10.8. The van der Waals surface area contributed by atoms with E-state index in [1.165, 1.54) is 22.2 Å². The SMILES string of the molecule is CC[C@]1(C)Cc2nc3sc4c(=O)n(CC(=O)NC[C@H]5CCCO5)cnc4c3cc2CO1. The van der Waals surface area contributed by atoms with Crippen molar-refractivity contribution in [3.8, 4) is 0 Å². The summed E-state index contributed by atoms with van der Waals surface area (Å²) in [6.07, 6.45) is 5.17. The summed E-state index contributed by atoms with van der Waals surface area (Å²) >= 11 is 1.34. The van der Waals surface area contributed by atoms with Gasteiger partial charge in [-0.1, -0.05) is 6.92 Å². The molecule has 5 rings (SSSR count). The number of pyridine rings is 1. The van der Waals surface area contributed by atoms with Crippen molar-refractivity contribution in [1.29, 1.82) is 0 Å². The largest absolute Gasteiger partial charge is 0.376 e. The summed E-state index contributed by atoms with van der Waals surface area (Å²) in [6.45, 7) is 5.90. The summed E-state index contributed by atoms with van der Waals surface area (Å²) in [4.78, 5) is 35.5. The fraction of sp³-hybridized carbons (Fsp3) is 0.545. The monoisotopic (exact) mass is 442 g/mol. The molecule has 0 bridgehead atoms. The van der Waals surface area contributed by atoms with Gasteiger partial charge in [0.25, 0.3) is 5.56 Å². The average molecular weight is 443 g/mol. The Kier molecular flexibility index (Phi) is 5.27. The third-order valence-electron chi connectivity index (χ3n) is 6.34. The minimum atomic E-state index is -0.218. The summed E-state index contributed by atoms with van der Waals surface area (Å²) in [5.74, 6) is -0.218. The number of thiophene rings is 1. The average Bonchev–Trinajstić information content (AvgIpc) is 3.41. The molecule has 0 radical (unpaired) electrons. The van der Waals surface area contributed by atoms with Crippen LogP contribution in [0, 0.1) is 0 Å². The number of amides is 1. The fourth-order valence-corrected chi connectivity index (χ4v) is 5.27. The molecule has 2 aliphatic rings. The molecule has 31 heavy (non-hydrogen) atoms. The number of hydrogen-bond acceptors (Lipinski definition) is 7. The Morgan fingerprint density at radius 1 is 1.45 bits per heavy atom. The van der Waals surface area contributed by atoms with Gasteiger partial charge in [0.2, 0.25) is 5.91 Å². The van der Waals surface area contributed by atoms with Crippen molar-refractivity contribution in [1.82, 2.24) is 19.9 Å². The zero-order chi connectivity index (χ0) is 21.6. The van der Waals surface area contributed by atoms with Gasteiger partial charge >= 0.3 is 0 Å². The van der Waals surface area contributed by atoms with Crippen LogP contribution in [0.15, 0.2) is 17.2 Å². The van der Waals surface area contributed by atoms with Crippen molar-refractivity contribution in [2.24, 2.45) is 0 Å². The Hall–Kier alpha value is -2.36. The Morgan fingerprint density at radius 3 is 3.10 bits per heavy atom. The van der Waals surface area contributed by atoms with E-state index in [9.17, 15) is 9.59 Å². The Morgan fingerprint density at radius 2 is 2.32 bits per heavy atom. The van der Waals surface area contributed by atoms with Gasteiger partial charge in [-0.15, -0.1) is 11.3 Å². The molecule has 1 fully saturated rings. The van der Waals surface area contributed by atoms with E-state index in [4.69, 9.17) is 14.5 Å². The minimum absolute atomic E-state index is 0.0602. The molecule has 0 aromatic carbocycles. The topological polar surface area (TPSA) is 95.3 Å². The number of carbonyl (C=O) groups is 1. The molecular formula is C22H26N4O4S. The molecule has 3 aromatic heterocycles. The van der Waals surface area contributed by atoms with E-state index in [0.29, 0.717) is 23.4 Å². The van der Waals surface area contributed by atoms with E-state index in [2.05, 4.69) is 30.2 Å². The predicted molar refractivity (Wildman–Crippen MR) is 118 cm³/mol. The van der Waals surface area contributed by atoms with Gasteiger partial charge in [-0.05, 0) is 32.3 Å². The zero-order valence-electron chi connectivity index (χ0n) is 17.8. The maximum Gasteiger partial charge on any atom is 0.271 e. The third-order valence-corrected chi connectivity index (χ3v) is 7.41. The molecule has 2 atom stereocenters. The van der Waals surface area contributed by atoms with Crippen molar-refractivity contribution < 1.29 is 14.3 Å². The Bertz CT molecular complexity index is 1210. The highest BCUT2D eigenvalue weighted by molar-refractivity contribution is 7.25. The molecule has 164 valence electrons. The van der Waals surface area contributed by atoms with Crippen LogP contribution in [0.2, 0.25) is 0 Å². The van der Waals surface area contributed by atoms with Crippen LogP contribution in [0.3, 0.4) is 0 Å². The van der Waals surface area contributed by atoms with Crippen LogP contribution in [0.4, 0.5) is 0 Å². The normalized spacial score (nSPS) is 23.4. The van der Waals surface area contributed by atoms with Gasteiger partial charge in [0.05, 0.1) is 35.8 Å². The second-order valence-corrected chi connectivity index (χ2v) is 9.61. The Balaban J connectivity index is 1.42. The Labute approximate surface area is 183 Å². The number of rotatable bonds is 5. The van der Waals surface area contributed by atoms with Gasteiger partial charge in [0.1, 0.15) is 16.1 Å². The van der Waals surface area contributed by atoms with E-state index >= 15 is 0 Å². The second kappa shape index (κ2) is 7.96. The first-order valence-corrected chi connectivity index (χ1v) is 11.6. The van der Waals surface area contributed by atoms with E-state index in [-0.39, 0.29) is 29.7 Å². The number of ether oxygens (including phenoxy) is 2. The van der Waals surface area contributed by atoms with Crippen molar-refractivity contribution in [3.05, 3.63) is 34.0 Å². The molecule has 1 N–H and O–H groups in total. The highest BCUT2D eigenvalue weighted by Crippen LogP contribution is 2.35. The maximum absolute atomic E-state index is 13.0. The van der Waals surface area contributed by atoms with Gasteiger partial charge < -0.3 is 14.8 Å². The number of nitrogens with one attached hydrogen (secondary N) is 1. The van der Waals surface area contributed by atoms with Gasteiger partial charge in [0.15, 0.2) is 0 Å². The fourth-order valence-electron chi connectivity index (χ4n) is 4.19. The molecule has 0 aliphatic carbocycles. The second-order valence-electron chi connectivity index (χ2n) is 8.61. The van der Waals surface area contributed by atoms with E-state index < -0.39 is 0 Å². The molecule has 0 spiro atoms. The van der Waals surface area contributed by atoms with Gasteiger partial charge in [-0.2, -0.15) is 0 Å². The van der Waals surface area contributed by atoms with Crippen LogP contribution in [0.5, 0.6) is 0 Å². The van der Waals surface area contributed by atoms with Gasteiger partial charge in [-0.3, -0.25) is 14.2 Å². The number of hydrogen-bond donors (Lipinski definition) is 1. The lowest BCUT2D eigenvalue weighted by Crippen LogP contribution is -2.36. The molecule has 1 amide bonds. The van der Waals surface area contributed by atoms with Crippen LogP contribution < -0.4 is 10.9 Å². The number of carbonyl (C=O) groups excluding carboxylic acids is 1. The summed E-state index contributed by atoms with van der Waals surface area (Å²) in [5, 5.41) is 3.72. The highest BCUT2D eigenvalue weighted by atomic mass is 32.1. The zero-order valence-corrected chi connectivity index (χ0v) is 18.6. The standard InChI is InChI=1S/C22H26N4O4S/c1-3-22(2)8-16-13(11-30-22)7-15-18-19(31-20(15)25-16)21(28)26(12-24-18)10-17(27)23-9-14-5-4-6-29-14/h7,12,14H,3-6,8-11H2,1-2H3,(H,23,27)/t14-,22-/m1/s1. The summed E-state index contributed by atoms with van der Waals surface area (Å²) < 4.78 is 13.5. The first-order chi connectivity index (χ1) is 15.0. The number of fused-ring (bicyclic) bond motifs is 4. The van der Waals surface area contributed by atoms with E-state index in [0.717, 1.165) is 53.8 Å². The van der Waals surface area contributed by atoms with Crippen molar-refractivity contribution >= 4 is 37.7 Å². The maximum atomic E-state index is 13.0. The van der Waals surface area contributed by atoms with Crippen LogP contribution >= 0.6 is 11.3 Å². The molecule has 1 saturated heterocycles. The molecule has 0 unspecified atom stereocenters. The summed E-state index contributed by atoms with van der Waals surface area (Å²) in [5.41, 5.74) is 2.31. The van der Waals surface area contributed by atoms with Crippen molar-refractivity contribution in [3.63, 3.8) is 0 Å². The van der Waals surface area contributed by atoms with Gasteiger partial charge in [0, 0.05) is 30.5 Å². The quantitative estimate of drug-likeness (QED) is 0.653. The smallest absolute Gasteiger partial charge is 0.271 e. The number of aromatic nitrogens is 3. The lowest BCUT2D eigenvalue weighted by atomic mass is 9.91. The molecule has 5 heterocycles. The van der Waals surface area contributed by atoms with Crippen LogP contribution in [-0.2, 0) is 33.8 Å². The molecule has 2 aliphatic heterocycles. The summed E-state index contributed by atoms with van der Waals surface area (Å²) in [6, 6.07) is 2.05. The highest BCUT2D eigenvalue weighted by Gasteiger charge is 2.31. The third kappa shape index (κ3) is 3.86. The predicted octanol–water partition coefficient (Wildman–Crippen LogP) is 2.54. The van der Waals surface area contributed by atoms with Crippen molar-refractivity contribution in [2.45, 2.75) is 64.4 Å². The van der Waals surface area contributed by atoms with Gasteiger partial charge in [-0.25, -0.2) is 9.97 Å². The van der Waals surface area contributed by atoms with Crippen LogP contribution in [-0.4, -0.2) is 45.3 Å². The molecular weight excluding hydrogens is 416 g/mol. The van der Waals surface area contributed by atoms with E-state index in [1.54, 1.807) is 0 Å². The molecule has 8 nitrogen and oxygen atoms in total. The van der Waals surface area contributed by atoms with Crippen LogP contribution in [0.1, 0.15) is 44.4 Å².